The molecule has 6 rings (SSSR count). The number of halogens is 1. The fourth-order valence-electron chi connectivity index (χ4n) is 5.76. The second kappa shape index (κ2) is 8.64. The van der Waals surface area contributed by atoms with E-state index in [0.29, 0.717) is 4.90 Å². The SMILES string of the molecule is O=[N+]([O-])c1ccccc1S[C@@H]1C[C@H]2[C@H](c3c(ccc4ccccc34)N[C@H]2c2ccccc2)[C@H]1Cl. The van der Waals surface area contributed by atoms with Gasteiger partial charge in [-0.25, -0.2) is 0 Å². The Bertz CT molecular complexity index is 1380. The van der Waals surface area contributed by atoms with Crippen molar-refractivity contribution in [3.63, 3.8) is 0 Å². The first-order chi connectivity index (χ1) is 16.6. The monoisotopic (exact) mass is 486 g/mol. The van der Waals surface area contributed by atoms with Crippen LogP contribution in [0, 0.1) is 16.0 Å². The van der Waals surface area contributed by atoms with Crippen molar-refractivity contribution in [1.29, 1.82) is 0 Å². The number of hydrogen-bond acceptors (Lipinski definition) is 4. The molecule has 1 fully saturated rings. The van der Waals surface area contributed by atoms with Crippen LogP contribution in [0.4, 0.5) is 11.4 Å². The predicted molar refractivity (Wildman–Crippen MR) is 140 cm³/mol. The third kappa shape index (κ3) is 3.55. The maximum Gasteiger partial charge on any atom is 0.282 e. The lowest BCUT2D eigenvalue weighted by Gasteiger charge is -2.39. The Balaban J connectivity index is 1.46. The maximum atomic E-state index is 11.6. The number of thioether (sulfide) groups is 1. The van der Waals surface area contributed by atoms with Gasteiger partial charge in [-0.15, -0.1) is 23.4 Å². The van der Waals surface area contributed by atoms with E-state index in [4.69, 9.17) is 11.6 Å². The summed E-state index contributed by atoms with van der Waals surface area (Å²) in [5.74, 6) is 0.429. The van der Waals surface area contributed by atoms with E-state index in [1.54, 1.807) is 23.9 Å². The van der Waals surface area contributed by atoms with Crippen LogP contribution in [0.5, 0.6) is 0 Å². The second-order valence-electron chi connectivity index (χ2n) is 9.03. The van der Waals surface area contributed by atoms with Crippen LogP contribution in [0.1, 0.15) is 29.5 Å². The van der Waals surface area contributed by atoms with E-state index in [2.05, 4.69) is 66.0 Å². The first kappa shape index (κ1) is 21.5. The molecule has 0 bridgehead atoms. The van der Waals surface area contributed by atoms with Gasteiger partial charge in [0.15, 0.2) is 0 Å². The minimum Gasteiger partial charge on any atom is -0.378 e. The molecule has 0 radical (unpaired) electrons. The van der Waals surface area contributed by atoms with Gasteiger partial charge in [-0.3, -0.25) is 10.1 Å². The number of nitro groups is 1. The zero-order chi connectivity index (χ0) is 23.2. The summed E-state index contributed by atoms with van der Waals surface area (Å²) in [5.41, 5.74) is 3.81. The topological polar surface area (TPSA) is 55.2 Å². The number of benzene rings is 4. The molecule has 6 heteroatoms. The summed E-state index contributed by atoms with van der Waals surface area (Å²) in [6, 6.07) is 30.5. The quantitative estimate of drug-likeness (QED) is 0.182. The molecule has 2 aliphatic rings. The fourth-order valence-corrected chi connectivity index (χ4v) is 7.69. The number of fused-ring (bicyclic) bond motifs is 5. The second-order valence-corrected chi connectivity index (χ2v) is 10.8. The van der Waals surface area contributed by atoms with Crippen molar-refractivity contribution in [3.05, 3.63) is 112 Å². The largest absolute Gasteiger partial charge is 0.378 e. The van der Waals surface area contributed by atoms with E-state index in [0.717, 1.165) is 12.1 Å². The number of rotatable bonds is 4. The van der Waals surface area contributed by atoms with Gasteiger partial charge in [-0.2, -0.15) is 0 Å². The Morgan fingerprint density at radius 3 is 2.47 bits per heavy atom. The van der Waals surface area contributed by atoms with Crippen molar-refractivity contribution in [2.45, 2.75) is 33.9 Å². The molecule has 34 heavy (non-hydrogen) atoms. The molecule has 0 aromatic heterocycles. The van der Waals surface area contributed by atoms with Crippen LogP contribution < -0.4 is 5.32 Å². The van der Waals surface area contributed by atoms with E-state index in [1.165, 1.54) is 21.9 Å². The van der Waals surface area contributed by atoms with E-state index >= 15 is 0 Å². The van der Waals surface area contributed by atoms with Crippen molar-refractivity contribution in [1.82, 2.24) is 0 Å². The lowest BCUT2D eigenvalue weighted by atomic mass is 9.75. The summed E-state index contributed by atoms with van der Waals surface area (Å²) in [7, 11) is 0. The van der Waals surface area contributed by atoms with Crippen molar-refractivity contribution in [2.24, 2.45) is 5.92 Å². The molecule has 1 heterocycles. The zero-order valence-corrected chi connectivity index (χ0v) is 19.9. The molecule has 0 spiro atoms. The molecule has 4 aromatic carbocycles. The van der Waals surface area contributed by atoms with Crippen LogP contribution in [0.3, 0.4) is 0 Å². The summed E-state index contributed by atoms with van der Waals surface area (Å²) >= 11 is 8.85. The van der Waals surface area contributed by atoms with Gasteiger partial charge in [0.05, 0.1) is 21.2 Å². The Hall–Kier alpha value is -3.02. The first-order valence-corrected chi connectivity index (χ1v) is 12.8. The molecule has 0 unspecified atom stereocenters. The zero-order valence-electron chi connectivity index (χ0n) is 18.3. The van der Waals surface area contributed by atoms with Crippen LogP contribution in [0.25, 0.3) is 10.8 Å². The summed E-state index contributed by atoms with van der Waals surface area (Å²) in [4.78, 5) is 12.0. The van der Waals surface area contributed by atoms with Gasteiger partial charge < -0.3 is 5.32 Å². The van der Waals surface area contributed by atoms with E-state index < -0.39 is 0 Å². The number of alkyl halides is 1. The number of hydrogen-bond donors (Lipinski definition) is 1. The van der Waals surface area contributed by atoms with E-state index in [9.17, 15) is 10.1 Å². The van der Waals surface area contributed by atoms with Gasteiger partial charge in [-0.05, 0) is 46.4 Å². The highest BCUT2D eigenvalue weighted by atomic mass is 35.5. The smallest absolute Gasteiger partial charge is 0.282 e. The molecule has 1 N–H and O–H groups in total. The van der Waals surface area contributed by atoms with Gasteiger partial charge in [0.2, 0.25) is 0 Å². The molecule has 1 aliphatic carbocycles. The van der Waals surface area contributed by atoms with Crippen LogP contribution in [-0.4, -0.2) is 15.6 Å². The number of anilines is 1. The number of para-hydroxylation sites is 1. The van der Waals surface area contributed by atoms with E-state index in [1.807, 2.05) is 18.2 Å². The normalized spacial score (nSPS) is 25.4. The van der Waals surface area contributed by atoms with Crippen LogP contribution >= 0.6 is 23.4 Å². The Kier molecular flexibility index (Phi) is 5.47. The number of nitrogens with zero attached hydrogens (tertiary/aromatic N) is 1. The predicted octanol–water partition coefficient (Wildman–Crippen LogP) is 7.79. The standard InChI is InChI=1S/C28H23ClN2O2S/c29-27-24(34-23-13-7-6-12-22(23)31(32)33)16-20-26(27)25-19-11-5-4-8-17(19)14-15-21(25)30-28(20)18-9-2-1-3-10-18/h1-15,20,24,26-28,30H,16H2/t20-,24+,26+,27-,28-/m0/s1. The third-order valence-corrected chi connectivity index (χ3v) is 9.32. The lowest BCUT2D eigenvalue weighted by molar-refractivity contribution is -0.387. The number of nitro benzene ring substituents is 1. The van der Waals surface area contributed by atoms with Crippen LogP contribution in [0.2, 0.25) is 0 Å². The first-order valence-electron chi connectivity index (χ1n) is 11.5. The third-order valence-electron chi connectivity index (χ3n) is 7.21. The molecule has 170 valence electrons. The van der Waals surface area contributed by atoms with Crippen molar-refractivity contribution in [3.8, 4) is 0 Å². The van der Waals surface area contributed by atoms with Gasteiger partial charge in [-0.1, -0.05) is 72.8 Å². The molecular weight excluding hydrogens is 464 g/mol. The Morgan fingerprint density at radius 2 is 1.65 bits per heavy atom. The average Bonchev–Trinajstić information content (AvgIpc) is 3.19. The fraction of sp³-hybridized carbons (Fsp3) is 0.214. The summed E-state index contributed by atoms with van der Waals surface area (Å²) in [6.07, 6.45) is 0.880. The molecule has 1 saturated carbocycles. The van der Waals surface area contributed by atoms with E-state index in [-0.39, 0.29) is 39.1 Å². The molecular formula is C28H23ClN2O2S. The summed E-state index contributed by atoms with van der Waals surface area (Å²) < 4.78 is 0. The molecule has 4 aromatic rings. The molecule has 4 nitrogen and oxygen atoms in total. The lowest BCUT2D eigenvalue weighted by Crippen LogP contribution is -2.31. The van der Waals surface area contributed by atoms with Gasteiger partial charge in [0, 0.05) is 22.9 Å². The maximum absolute atomic E-state index is 11.6. The van der Waals surface area contributed by atoms with Crippen molar-refractivity contribution in [2.75, 3.05) is 5.32 Å². The molecule has 1 aliphatic heterocycles. The minimum atomic E-state index is -0.301. The highest BCUT2D eigenvalue weighted by Crippen LogP contribution is 2.59. The van der Waals surface area contributed by atoms with Crippen molar-refractivity contribution >= 4 is 45.5 Å². The number of nitrogens with one attached hydrogen (secondary N) is 1. The summed E-state index contributed by atoms with van der Waals surface area (Å²) in [6.45, 7) is 0. The van der Waals surface area contributed by atoms with Gasteiger partial charge in [0.25, 0.3) is 5.69 Å². The van der Waals surface area contributed by atoms with Gasteiger partial charge in [0.1, 0.15) is 0 Å². The highest BCUT2D eigenvalue weighted by Gasteiger charge is 2.50. The van der Waals surface area contributed by atoms with Gasteiger partial charge >= 0.3 is 0 Å². The van der Waals surface area contributed by atoms with Crippen LogP contribution in [0.15, 0.2) is 95.9 Å². The summed E-state index contributed by atoms with van der Waals surface area (Å²) in [5, 5.41) is 17.8. The minimum absolute atomic E-state index is 0.0655. The Morgan fingerprint density at radius 1 is 0.912 bits per heavy atom. The molecule has 0 amide bonds. The molecule has 0 saturated heterocycles. The average molecular weight is 487 g/mol. The highest BCUT2D eigenvalue weighted by molar-refractivity contribution is 8.00. The van der Waals surface area contributed by atoms with Crippen molar-refractivity contribution < 1.29 is 4.92 Å². The Labute approximate surface area is 207 Å². The molecule has 5 atom stereocenters. The van der Waals surface area contributed by atoms with Crippen LogP contribution in [-0.2, 0) is 0 Å².